The van der Waals surface area contributed by atoms with Crippen LogP contribution in [0.1, 0.15) is 21.5 Å². The van der Waals surface area contributed by atoms with Gasteiger partial charge in [-0.2, -0.15) is 18.4 Å². The summed E-state index contributed by atoms with van der Waals surface area (Å²) in [5.74, 6) is -2.88. The molecule has 0 unspecified atom stereocenters. The summed E-state index contributed by atoms with van der Waals surface area (Å²) in [5, 5.41) is 17.8. The third-order valence-electron chi connectivity index (χ3n) is 1.99. The highest BCUT2D eigenvalue weighted by Crippen LogP contribution is 2.39. The van der Waals surface area contributed by atoms with Crippen molar-refractivity contribution in [3.8, 4) is 11.8 Å². The lowest BCUT2D eigenvalue weighted by atomic mass is 9.97. The van der Waals surface area contributed by atoms with Crippen molar-refractivity contribution >= 4 is 17.4 Å². The molecule has 7 heteroatoms. The summed E-state index contributed by atoms with van der Waals surface area (Å²) in [6.07, 6.45) is -4.94. The van der Waals surface area contributed by atoms with E-state index < -0.39 is 40.3 Å². The normalized spacial score (nSPS) is 11.0. The number of carbonyl (C=O) groups excluding carboxylic acids is 1. The van der Waals surface area contributed by atoms with Crippen LogP contribution in [0.15, 0.2) is 12.1 Å². The first-order valence-corrected chi connectivity index (χ1v) is 4.78. The van der Waals surface area contributed by atoms with Gasteiger partial charge in [-0.05, 0) is 12.1 Å². The van der Waals surface area contributed by atoms with E-state index in [1.54, 1.807) is 0 Å². The van der Waals surface area contributed by atoms with Gasteiger partial charge >= 0.3 is 6.18 Å². The number of hydrogen-bond donors (Lipinski definition) is 1. The summed E-state index contributed by atoms with van der Waals surface area (Å²) in [7, 11) is 0. The smallest absolute Gasteiger partial charge is 0.420 e. The molecule has 1 N–H and O–H groups in total. The average Bonchev–Trinajstić information content (AvgIpc) is 2.25. The molecule has 0 radical (unpaired) electrons. The van der Waals surface area contributed by atoms with E-state index in [0.29, 0.717) is 6.07 Å². The fraction of sp³-hybridized carbons (Fsp3) is 0.200. The van der Waals surface area contributed by atoms with Crippen LogP contribution in [0.4, 0.5) is 13.2 Å². The van der Waals surface area contributed by atoms with Crippen molar-refractivity contribution in [1.29, 1.82) is 5.26 Å². The van der Waals surface area contributed by atoms with Crippen LogP contribution in [0.2, 0.25) is 0 Å². The van der Waals surface area contributed by atoms with Crippen molar-refractivity contribution in [1.82, 2.24) is 0 Å². The van der Waals surface area contributed by atoms with Gasteiger partial charge in [0.15, 0.2) is 5.78 Å². The van der Waals surface area contributed by atoms with Gasteiger partial charge in [0.2, 0.25) is 0 Å². The Morgan fingerprint density at radius 3 is 2.47 bits per heavy atom. The lowest BCUT2D eigenvalue weighted by molar-refractivity contribution is -0.139. The summed E-state index contributed by atoms with van der Waals surface area (Å²) < 4.78 is 38.0. The van der Waals surface area contributed by atoms with Crippen LogP contribution in [0, 0.1) is 11.3 Å². The van der Waals surface area contributed by atoms with Gasteiger partial charge in [0.05, 0.1) is 23.1 Å². The van der Waals surface area contributed by atoms with Gasteiger partial charge < -0.3 is 5.11 Å². The molecule has 1 aromatic rings. The van der Waals surface area contributed by atoms with Crippen LogP contribution in [-0.2, 0) is 6.18 Å². The quantitative estimate of drug-likeness (QED) is 0.659. The Bertz CT molecular complexity index is 505. The number of Topliss-reactive ketones (excluding diaryl/α,β-unsaturated/α-hetero) is 1. The monoisotopic (exact) mass is 263 g/mol. The predicted octanol–water partition coefficient (Wildman–Crippen LogP) is 2.70. The molecule has 0 amide bonds. The molecule has 1 aromatic carbocycles. The van der Waals surface area contributed by atoms with Crippen molar-refractivity contribution < 1.29 is 23.1 Å². The van der Waals surface area contributed by atoms with Crippen LogP contribution in [-0.4, -0.2) is 16.8 Å². The summed E-state index contributed by atoms with van der Waals surface area (Å²) in [5.41, 5.74) is -2.89. The van der Waals surface area contributed by atoms with E-state index in [9.17, 15) is 18.0 Å². The number of alkyl halides is 4. The fourth-order valence-corrected chi connectivity index (χ4v) is 1.46. The SMILES string of the molecule is N#Cc1ccc(O)c(C(F)(F)F)c1C(=O)CCl. The van der Waals surface area contributed by atoms with Crippen LogP contribution in [0.3, 0.4) is 0 Å². The van der Waals surface area contributed by atoms with E-state index in [0.717, 1.165) is 6.07 Å². The van der Waals surface area contributed by atoms with E-state index in [2.05, 4.69) is 0 Å². The van der Waals surface area contributed by atoms with Crippen molar-refractivity contribution in [2.45, 2.75) is 6.18 Å². The summed E-state index contributed by atoms with van der Waals surface area (Å²) in [6, 6.07) is 3.11. The van der Waals surface area contributed by atoms with E-state index >= 15 is 0 Å². The molecule has 1 rings (SSSR count). The highest BCUT2D eigenvalue weighted by molar-refractivity contribution is 6.31. The number of nitriles is 1. The first-order chi connectivity index (χ1) is 7.82. The number of hydrogen-bond acceptors (Lipinski definition) is 3. The third kappa shape index (κ3) is 2.50. The Morgan fingerprint density at radius 2 is 2.06 bits per heavy atom. The second-order valence-corrected chi connectivity index (χ2v) is 3.32. The van der Waals surface area contributed by atoms with Crippen LogP contribution < -0.4 is 0 Å². The van der Waals surface area contributed by atoms with Crippen LogP contribution in [0.25, 0.3) is 0 Å². The molecule has 0 aliphatic carbocycles. The molecule has 0 spiro atoms. The minimum absolute atomic E-state index is 0.472. The number of benzene rings is 1. The first kappa shape index (κ1) is 13.3. The number of rotatable bonds is 2. The zero-order valence-electron chi connectivity index (χ0n) is 8.18. The standard InChI is InChI=1S/C10H5ClF3NO2/c11-3-7(17)8-5(4-15)1-2-6(16)9(8)10(12,13)14/h1-2,16H,3H2. The van der Waals surface area contributed by atoms with Crippen LogP contribution >= 0.6 is 11.6 Å². The molecule has 0 saturated heterocycles. The molecule has 0 fully saturated rings. The first-order valence-electron chi connectivity index (χ1n) is 4.25. The highest BCUT2D eigenvalue weighted by Gasteiger charge is 2.39. The molecular weight excluding hydrogens is 259 g/mol. The van der Waals surface area contributed by atoms with Crippen LogP contribution in [0.5, 0.6) is 5.75 Å². The van der Waals surface area contributed by atoms with E-state index in [1.807, 2.05) is 0 Å². The van der Waals surface area contributed by atoms with E-state index in [4.69, 9.17) is 22.0 Å². The number of phenolic OH excluding ortho intramolecular Hbond substituents is 1. The molecule has 3 nitrogen and oxygen atoms in total. The van der Waals surface area contributed by atoms with Gasteiger partial charge in [0.25, 0.3) is 0 Å². The maximum Gasteiger partial charge on any atom is 0.420 e. The molecule has 0 heterocycles. The van der Waals surface area contributed by atoms with Gasteiger partial charge in [0.1, 0.15) is 11.3 Å². The Hall–Kier alpha value is -1.74. The third-order valence-corrected chi connectivity index (χ3v) is 2.23. The van der Waals surface area contributed by atoms with Crippen molar-refractivity contribution in [3.63, 3.8) is 0 Å². The second kappa shape index (κ2) is 4.63. The molecule has 0 aromatic heterocycles. The molecule has 0 bridgehead atoms. The highest BCUT2D eigenvalue weighted by atomic mass is 35.5. The molecule has 17 heavy (non-hydrogen) atoms. The number of phenols is 1. The van der Waals surface area contributed by atoms with Gasteiger partial charge in [-0.25, -0.2) is 0 Å². The number of aromatic hydroxyl groups is 1. The van der Waals surface area contributed by atoms with Gasteiger partial charge in [-0.1, -0.05) is 0 Å². The summed E-state index contributed by atoms with van der Waals surface area (Å²) in [6.45, 7) is 0. The molecule has 90 valence electrons. The maximum atomic E-state index is 12.7. The number of nitrogens with zero attached hydrogens (tertiary/aromatic N) is 1. The topological polar surface area (TPSA) is 61.1 Å². The predicted molar refractivity (Wildman–Crippen MR) is 52.9 cm³/mol. The number of carbonyl (C=O) groups is 1. The van der Waals surface area contributed by atoms with Gasteiger partial charge in [-0.15, -0.1) is 11.6 Å². The summed E-state index contributed by atoms with van der Waals surface area (Å²) in [4.78, 5) is 11.3. The maximum absolute atomic E-state index is 12.7. The Kier molecular flexibility index (Phi) is 3.63. The zero-order chi connectivity index (χ0) is 13.2. The number of halogens is 4. The van der Waals surface area contributed by atoms with Crippen molar-refractivity contribution in [3.05, 3.63) is 28.8 Å². The lowest BCUT2D eigenvalue weighted by Gasteiger charge is -2.14. The lowest BCUT2D eigenvalue weighted by Crippen LogP contribution is -2.16. The second-order valence-electron chi connectivity index (χ2n) is 3.05. The van der Waals surface area contributed by atoms with Crippen molar-refractivity contribution in [2.24, 2.45) is 0 Å². The fourth-order valence-electron chi connectivity index (χ4n) is 1.33. The van der Waals surface area contributed by atoms with E-state index in [-0.39, 0.29) is 0 Å². The molecule has 0 atom stereocenters. The van der Waals surface area contributed by atoms with Gasteiger partial charge in [-0.3, -0.25) is 4.79 Å². The molecule has 0 aliphatic rings. The minimum atomic E-state index is -4.94. The van der Waals surface area contributed by atoms with Crippen molar-refractivity contribution in [2.75, 3.05) is 5.88 Å². The summed E-state index contributed by atoms with van der Waals surface area (Å²) >= 11 is 5.18. The van der Waals surface area contributed by atoms with E-state index in [1.165, 1.54) is 6.07 Å². The number of ketones is 1. The zero-order valence-corrected chi connectivity index (χ0v) is 8.93. The molecular formula is C10H5ClF3NO2. The average molecular weight is 264 g/mol. The van der Waals surface area contributed by atoms with Gasteiger partial charge in [0, 0.05) is 0 Å². The largest absolute Gasteiger partial charge is 0.507 e. The molecule has 0 saturated carbocycles. The Morgan fingerprint density at radius 1 is 1.47 bits per heavy atom. The Labute approximate surface area is 99.0 Å². The Balaban J connectivity index is 3.67. The minimum Gasteiger partial charge on any atom is -0.507 e. The molecule has 0 aliphatic heterocycles.